The Morgan fingerprint density at radius 3 is 2.12 bits per heavy atom. The number of fused-ring (bicyclic) bond motifs is 1. The molecule has 0 saturated carbocycles. The minimum absolute atomic E-state index is 0.00806. The summed E-state index contributed by atoms with van der Waals surface area (Å²) in [7, 11) is 3.33. The van der Waals surface area contributed by atoms with Crippen molar-refractivity contribution < 1.29 is 24.0 Å². The number of anilines is 2. The highest BCUT2D eigenvalue weighted by Crippen LogP contribution is 2.47. The second-order valence-corrected chi connectivity index (χ2v) is 9.10. The van der Waals surface area contributed by atoms with Gasteiger partial charge in [0.15, 0.2) is 6.10 Å². The molecule has 0 bridgehead atoms. The molecular weight excluding hydrogens is 422 g/mol. The van der Waals surface area contributed by atoms with Crippen molar-refractivity contribution in [3.8, 4) is 5.75 Å². The van der Waals surface area contributed by atoms with Crippen molar-refractivity contribution in [1.29, 1.82) is 0 Å². The predicted octanol–water partition coefficient (Wildman–Crippen LogP) is 2.49. The predicted molar refractivity (Wildman–Crippen MR) is 121 cm³/mol. The van der Waals surface area contributed by atoms with Crippen LogP contribution in [0.5, 0.6) is 5.75 Å². The lowest BCUT2D eigenvalue weighted by Gasteiger charge is -2.53. The van der Waals surface area contributed by atoms with Gasteiger partial charge in [-0.05, 0) is 42.3 Å². The van der Waals surface area contributed by atoms with Gasteiger partial charge in [-0.3, -0.25) is 19.2 Å². The SMILES string of the molecule is COc1ccc(N2C(=O)[C@H](C(C)C)[C@@H]2[C@H]2[C@@H]3C(=O)N(c4ccccc4)C(=O)[C@@H]3ON2C)cc1. The zero-order valence-corrected chi connectivity index (χ0v) is 19.0. The van der Waals surface area contributed by atoms with Gasteiger partial charge in [0.1, 0.15) is 5.75 Å². The van der Waals surface area contributed by atoms with Crippen LogP contribution in [-0.4, -0.2) is 55.1 Å². The van der Waals surface area contributed by atoms with Crippen molar-refractivity contribution in [3.05, 3.63) is 54.6 Å². The third-order valence-electron chi connectivity index (χ3n) is 6.98. The molecule has 0 spiro atoms. The standard InChI is InChI=1S/C25H27N3O5/c1-14(2)18-21(27(23(18)29)16-10-12-17(32-4)13-11-16)20-19-22(33-26(20)3)25(31)28(24(19)30)15-8-6-5-7-9-15/h5-14,18-22H,1-4H3/t18-,19+,20-,21-,22-/m1/s1. The van der Waals surface area contributed by atoms with Crippen molar-refractivity contribution in [2.75, 3.05) is 24.0 Å². The Bertz CT molecular complexity index is 1090. The molecule has 172 valence electrons. The first-order chi connectivity index (χ1) is 15.8. The molecule has 0 aromatic heterocycles. The van der Waals surface area contributed by atoms with Gasteiger partial charge in [0.25, 0.3) is 5.91 Å². The van der Waals surface area contributed by atoms with Crippen LogP contribution in [0.25, 0.3) is 0 Å². The van der Waals surface area contributed by atoms with Gasteiger partial charge in [0.05, 0.1) is 36.7 Å². The average molecular weight is 450 g/mol. The number of likely N-dealkylation sites (N-methyl/N-ethyl adjacent to an activating group) is 1. The molecular formula is C25H27N3O5. The van der Waals surface area contributed by atoms with Crippen LogP contribution in [0.4, 0.5) is 11.4 Å². The summed E-state index contributed by atoms with van der Waals surface area (Å²) in [5.41, 5.74) is 1.26. The third-order valence-corrected chi connectivity index (χ3v) is 6.98. The molecule has 3 aliphatic heterocycles. The normalized spacial score (nSPS) is 29.6. The first-order valence-electron chi connectivity index (χ1n) is 11.1. The maximum atomic E-state index is 13.6. The fourth-order valence-corrected chi connectivity index (χ4v) is 5.46. The highest BCUT2D eigenvalue weighted by atomic mass is 16.7. The second-order valence-electron chi connectivity index (χ2n) is 9.10. The largest absolute Gasteiger partial charge is 0.497 e. The van der Waals surface area contributed by atoms with Crippen LogP contribution in [-0.2, 0) is 19.2 Å². The van der Waals surface area contributed by atoms with E-state index in [4.69, 9.17) is 9.57 Å². The molecule has 33 heavy (non-hydrogen) atoms. The van der Waals surface area contributed by atoms with Gasteiger partial charge in [0.2, 0.25) is 11.8 Å². The van der Waals surface area contributed by atoms with Crippen LogP contribution in [0.2, 0.25) is 0 Å². The number of β-lactam (4-membered cyclic amide) rings is 1. The molecule has 8 nitrogen and oxygen atoms in total. The quantitative estimate of drug-likeness (QED) is 0.516. The Morgan fingerprint density at radius 1 is 0.848 bits per heavy atom. The molecule has 2 aromatic carbocycles. The number of amides is 3. The van der Waals surface area contributed by atoms with E-state index in [9.17, 15) is 14.4 Å². The van der Waals surface area contributed by atoms with Crippen molar-refractivity contribution in [1.82, 2.24) is 5.06 Å². The van der Waals surface area contributed by atoms with Gasteiger partial charge in [-0.25, -0.2) is 4.90 Å². The van der Waals surface area contributed by atoms with Gasteiger partial charge in [0, 0.05) is 12.7 Å². The number of hydroxylamine groups is 2. The van der Waals surface area contributed by atoms with Gasteiger partial charge < -0.3 is 9.64 Å². The highest BCUT2D eigenvalue weighted by Gasteiger charge is 2.66. The summed E-state index contributed by atoms with van der Waals surface area (Å²) in [4.78, 5) is 48.9. The van der Waals surface area contributed by atoms with E-state index in [0.717, 1.165) is 5.69 Å². The van der Waals surface area contributed by atoms with E-state index >= 15 is 0 Å². The third kappa shape index (κ3) is 3.16. The number of ether oxygens (including phenoxy) is 1. The Labute approximate surface area is 192 Å². The number of carbonyl (C=O) groups excluding carboxylic acids is 3. The Balaban J connectivity index is 1.52. The lowest BCUT2D eigenvalue weighted by atomic mass is 9.71. The molecule has 0 N–H and O–H groups in total. The van der Waals surface area contributed by atoms with Gasteiger partial charge in [-0.2, -0.15) is 5.06 Å². The van der Waals surface area contributed by atoms with E-state index in [0.29, 0.717) is 11.4 Å². The van der Waals surface area contributed by atoms with E-state index in [1.54, 1.807) is 60.5 Å². The summed E-state index contributed by atoms with van der Waals surface area (Å²) in [5.74, 6) is -0.857. The van der Waals surface area contributed by atoms with E-state index in [2.05, 4.69) is 0 Å². The number of para-hydroxylation sites is 1. The van der Waals surface area contributed by atoms with Crippen LogP contribution in [0.1, 0.15) is 13.8 Å². The second kappa shape index (κ2) is 7.97. The van der Waals surface area contributed by atoms with Gasteiger partial charge >= 0.3 is 0 Å². The fraction of sp³-hybridized carbons (Fsp3) is 0.400. The molecule has 0 aliphatic carbocycles. The number of benzene rings is 2. The lowest BCUT2D eigenvalue weighted by Crippen LogP contribution is -2.70. The fourth-order valence-electron chi connectivity index (χ4n) is 5.46. The summed E-state index contributed by atoms with van der Waals surface area (Å²) in [6.07, 6.45) is -0.895. The molecule has 5 rings (SSSR count). The number of methoxy groups -OCH3 is 1. The minimum atomic E-state index is -0.895. The smallest absolute Gasteiger partial charge is 0.265 e. The van der Waals surface area contributed by atoms with Gasteiger partial charge in [-0.1, -0.05) is 32.0 Å². The number of carbonyl (C=O) groups is 3. The summed E-state index contributed by atoms with van der Waals surface area (Å²) in [5, 5.41) is 1.61. The van der Waals surface area contributed by atoms with Crippen LogP contribution >= 0.6 is 0 Å². The van der Waals surface area contributed by atoms with Crippen LogP contribution in [0, 0.1) is 17.8 Å². The summed E-state index contributed by atoms with van der Waals surface area (Å²) in [6, 6.07) is 15.4. The molecule has 3 heterocycles. The highest BCUT2D eigenvalue weighted by molar-refractivity contribution is 6.23. The van der Waals surface area contributed by atoms with Crippen LogP contribution in [0.15, 0.2) is 54.6 Å². The number of hydrogen-bond acceptors (Lipinski definition) is 6. The zero-order chi connectivity index (χ0) is 23.4. The minimum Gasteiger partial charge on any atom is -0.497 e. The monoisotopic (exact) mass is 449 g/mol. The Kier molecular flexibility index (Phi) is 5.22. The molecule has 8 heteroatoms. The maximum absolute atomic E-state index is 13.6. The Hall–Kier alpha value is -3.23. The number of imide groups is 1. The van der Waals surface area contributed by atoms with E-state index in [1.165, 1.54) is 4.90 Å². The number of rotatable bonds is 5. The Morgan fingerprint density at radius 2 is 1.52 bits per heavy atom. The lowest BCUT2D eigenvalue weighted by molar-refractivity contribution is -0.167. The molecule has 0 radical (unpaired) electrons. The van der Waals surface area contributed by atoms with E-state index in [-0.39, 0.29) is 35.6 Å². The summed E-state index contributed by atoms with van der Waals surface area (Å²) < 4.78 is 5.25. The summed E-state index contributed by atoms with van der Waals surface area (Å²) in [6.45, 7) is 4.01. The molecule has 3 fully saturated rings. The number of nitrogens with zero attached hydrogens (tertiary/aromatic N) is 3. The van der Waals surface area contributed by atoms with Crippen molar-refractivity contribution in [3.63, 3.8) is 0 Å². The molecule has 5 atom stereocenters. The van der Waals surface area contributed by atoms with E-state index < -0.39 is 18.1 Å². The summed E-state index contributed by atoms with van der Waals surface area (Å²) >= 11 is 0. The molecule has 3 saturated heterocycles. The molecule has 3 aliphatic rings. The van der Waals surface area contributed by atoms with E-state index in [1.807, 2.05) is 32.0 Å². The topological polar surface area (TPSA) is 79.4 Å². The van der Waals surface area contributed by atoms with Crippen LogP contribution in [0.3, 0.4) is 0 Å². The first-order valence-corrected chi connectivity index (χ1v) is 11.1. The molecule has 2 aromatic rings. The molecule has 3 amide bonds. The first kappa shape index (κ1) is 21.6. The molecule has 0 unspecified atom stereocenters. The van der Waals surface area contributed by atoms with Crippen molar-refractivity contribution in [2.24, 2.45) is 17.8 Å². The van der Waals surface area contributed by atoms with Crippen molar-refractivity contribution in [2.45, 2.75) is 32.0 Å². The maximum Gasteiger partial charge on any atom is 0.265 e. The number of hydrogen-bond donors (Lipinski definition) is 0. The van der Waals surface area contributed by atoms with Crippen LogP contribution < -0.4 is 14.5 Å². The average Bonchev–Trinajstić information content (AvgIpc) is 3.25. The van der Waals surface area contributed by atoms with Gasteiger partial charge in [-0.15, -0.1) is 0 Å². The zero-order valence-electron chi connectivity index (χ0n) is 19.0. The van der Waals surface area contributed by atoms with Crippen molar-refractivity contribution >= 4 is 29.1 Å².